The standard InChI is InChI=1S/C9H12F2/c1-6(2)7(3)5-9(11)8(4)10/h5-6H,3-4H2,1-2H3/b9-5+. The minimum atomic E-state index is -1.05. The van der Waals surface area contributed by atoms with Gasteiger partial charge in [0.25, 0.3) is 0 Å². The van der Waals surface area contributed by atoms with Crippen molar-refractivity contribution >= 4 is 0 Å². The molecule has 0 spiro atoms. The molecular formula is C9H12F2. The predicted molar refractivity (Wildman–Crippen MR) is 43.4 cm³/mol. The average Bonchev–Trinajstić information content (AvgIpc) is 1.87. The van der Waals surface area contributed by atoms with Crippen LogP contribution in [0.15, 0.2) is 36.5 Å². The highest BCUT2D eigenvalue weighted by molar-refractivity contribution is 5.26. The molecule has 11 heavy (non-hydrogen) atoms. The van der Waals surface area contributed by atoms with E-state index in [1.165, 1.54) is 0 Å². The number of hydrogen-bond donors (Lipinski definition) is 0. The van der Waals surface area contributed by atoms with E-state index in [-0.39, 0.29) is 5.92 Å². The summed E-state index contributed by atoms with van der Waals surface area (Å²) in [7, 11) is 0. The number of allylic oxidation sites excluding steroid dienone is 4. The van der Waals surface area contributed by atoms with Crippen LogP contribution in [-0.2, 0) is 0 Å². The van der Waals surface area contributed by atoms with E-state index in [1.807, 2.05) is 13.8 Å². The van der Waals surface area contributed by atoms with Crippen molar-refractivity contribution in [3.05, 3.63) is 36.5 Å². The van der Waals surface area contributed by atoms with Gasteiger partial charge in [0.05, 0.1) is 0 Å². The van der Waals surface area contributed by atoms with Crippen molar-refractivity contribution in [3.63, 3.8) is 0 Å². The maximum Gasteiger partial charge on any atom is 0.158 e. The van der Waals surface area contributed by atoms with Crippen LogP contribution in [0.5, 0.6) is 0 Å². The molecule has 0 aromatic heterocycles. The van der Waals surface area contributed by atoms with Crippen LogP contribution in [0.2, 0.25) is 0 Å². The molecule has 62 valence electrons. The van der Waals surface area contributed by atoms with Crippen molar-refractivity contribution in [2.45, 2.75) is 13.8 Å². The van der Waals surface area contributed by atoms with Crippen LogP contribution in [0.1, 0.15) is 13.8 Å². The SMILES string of the molecule is C=C(F)/C(F)=C\C(=C)C(C)C. The van der Waals surface area contributed by atoms with Crippen molar-refractivity contribution < 1.29 is 8.78 Å². The maximum atomic E-state index is 12.5. The minimum Gasteiger partial charge on any atom is -0.204 e. The fourth-order valence-electron chi connectivity index (χ4n) is 0.408. The molecule has 0 fully saturated rings. The normalized spacial score (nSPS) is 11.9. The van der Waals surface area contributed by atoms with E-state index in [0.29, 0.717) is 5.57 Å². The molecule has 0 amide bonds. The monoisotopic (exact) mass is 158 g/mol. The third-order valence-electron chi connectivity index (χ3n) is 1.31. The first kappa shape index (κ1) is 10.1. The molecule has 0 aromatic rings. The molecule has 0 heterocycles. The number of halogens is 2. The Hall–Kier alpha value is -0.920. The summed E-state index contributed by atoms with van der Waals surface area (Å²) >= 11 is 0. The summed E-state index contributed by atoms with van der Waals surface area (Å²) in [5, 5.41) is 0. The van der Waals surface area contributed by atoms with Gasteiger partial charge in [-0.3, -0.25) is 0 Å². The van der Waals surface area contributed by atoms with Gasteiger partial charge in [-0.15, -0.1) is 0 Å². The maximum absolute atomic E-state index is 12.5. The Kier molecular flexibility index (Phi) is 3.72. The van der Waals surface area contributed by atoms with Crippen molar-refractivity contribution in [1.82, 2.24) is 0 Å². The quantitative estimate of drug-likeness (QED) is 0.551. The molecule has 0 rings (SSSR count). The Morgan fingerprint density at radius 1 is 1.27 bits per heavy atom. The summed E-state index contributed by atoms with van der Waals surface area (Å²) in [5.41, 5.74) is 0.557. The van der Waals surface area contributed by atoms with E-state index >= 15 is 0 Å². The third kappa shape index (κ3) is 3.71. The molecule has 2 heteroatoms. The topological polar surface area (TPSA) is 0 Å². The van der Waals surface area contributed by atoms with Crippen molar-refractivity contribution in [2.75, 3.05) is 0 Å². The molecule has 0 N–H and O–H groups in total. The van der Waals surface area contributed by atoms with E-state index < -0.39 is 11.7 Å². The zero-order chi connectivity index (χ0) is 9.02. The van der Waals surface area contributed by atoms with E-state index in [0.717, 1.165) is 6.08 Å². The number of hydrogen-bond acceptors (Lipinski definition) is 0. The van der Waals surface area contributed by atoms with Crippen LogP contribution in [0.3, 0.4) is 0 Å². The second-order valence-electron chi connectivity index (χ2n) is 2.63. The molecular weight excluding hydrogens is 146 g/mol. The zero-order valence-corrected chi connectivity index (χ0v) is 6.82. The predicted octanol–water partition coefficient (Wildman–Crippen LogP) is 3.54. The highest BCUT2D eigenvalue weighted by Gasteiger charge is 2.02. The Labute approximate surface area is 65.9 Å². The number of rotatable bonds is 3. The first-order chi connectivity index (χ1) is 4.95. The fraction of sp³-hybridized carbons (Fsp3) is 0.333. The molecule has 0 atom stereocenters. The molecule has 0 nitrogen and oxygen atoms in total. The first-order valence-electron chi connectivity index (χ1n) is 3.36. The van der Waals surface area contributed by atoms with Gasteiger partial charge in [0.15, 0.2) is 11.7 Å². The van der Waals surface area contributed by atoms with Crippen LogP contribution >= 0.6 is 0 Å². The summed E-state index contributed by atoms with van der Waals surface area (Å²) in [4.78, 5) is 0. The second kappa shape index (κ2) is 4.06. The van der Waals surface area contributed by atoms with E-state index in [4.69, 9.17) is 0 Å². The Morgan fingerprint density at radius 3 is 2.00 bits per heavy atom. The van der Waals surface area contributed by atoms with Crippen molar-refractivity contribution in [3.8, 4) is 0 Å². The van der Waals surface area contributed by atoms with Gasteiger partial charge in [-0.25, -0.2) is 8.78 Å². The molecule has 0 radical (unpaired) electrons. The van der Waals surface area contributed by atoms with Gasteiger partial charge in [0, 0.05) is 0 Å². The van der Waals surface area contributed by atoms with Crippen molar-refractivity contribution in [2.24, 2.45) is 5.92 Å². The molecule has 0 aliphatic rings. The van der Waals surface area contributed by atoms with Crippen LogP contribution in [0.4, 0.5) is 8.78 Å². The summed E-state index contributed by atoms with van der Waals surface area (Å²) in [5.74, 6) is -1.87. The lowest BCUT2D eigenvalue weighted by Gasteiger charge is -2.02. The largest absolute Gasteiger partial charge is 0.204 e. The molecule has 0 aliphatic heterocycles. The zero-order valence-electron chi connectivity index (χ0n) is 6.82. The molecule has 0 bridgehead atoms. The Bertz CT molecular complexity index is 200. The highest BCUT2D eigenvalue weighted by atomic mass is 19.2. The van der Waals surface area contributed by atoms with Gasteiger partial charge in [-0.05, 0) is 17.6 Å². The van der Waals surface area contributed by atoms with Gasteiger partial charge in [-0.2, -0.15) is 0 Å². The van der Waals surface area contributed by atoms with Crippen LogP contribution in [-0.4, -0.2) is 0 Å². The lowest BCUT2D eigenvalue weighted by atomic mass is 10.1. The van der Waals surface area contributed by atoms with Crippen LogP contribution < -0.4 is 0 Å². The Balaban J connectivity index is 4.32. The summed E-state index contributed by atoms with van der Waals surface area (Å²) < 4.78 is 24.5. The lowest BCUT2D eigenvalue weighted by Crippen LogP contribution is -1.88. The van der Waals surface area contributed by atoms with Gasteiger partial charge in [0.1, 0.15) is 0 Å². The van der Waals surface area contributed by atoms with Gasteiger partial charge in [0.2, 0.25) is 0 Å². The summed E-state index contributed by atoms with van der Waals surface area (Å²) in [6.45, 7) is 10.1. The smallest absolute Gasteiger partial charge is 0.158 e. The van der Waals surface area contributed by atoms with E-state index in [1.54, 1.807) is 0 Å². The molecule has 0 saturated heterocycles. The van der Waals surface area contributed by atoms with Crippen LogP contribution in [0.25, 0.3) is 0 Å². The lowest BCUT2D eigenvalue weighted by molar-refractivity contribution is 0.546. The van der Waals surface area contributed by atoms with Crippen molar-refractivity contribution in [1.29, 1.82) is 0 Å². The summed E-state index contributed by atoms with van der Waals surface area (Å²) in [6, 6.07) is 0. The van der Waals surface area contributed by atoms with Gasteiger partial charge < -0.3 is 0 Å². The molecule has 0 saturated carbocycles. The average molecular weight is 158 g/mol. The molecule has 0 aliphatic carbocycles. The van der Waals surface area contributed by atoms with Gasteiger partial charge >= 0.3 is 0 Å². The second-order valence-corrected chi connectivity index (χ2v) is 2.63. The first-order valence-corrected chi connectivity index (χ1v) is 3.36. The fourth-order valence-corrected chi connectivity index (χ4v) is 0.408. The van der Waals surface area contributed by atoms with Gasteiger partial charge in [-0.1, -0.05) is 27.0 Å². The van der Waals surface area contributed by atoms with E-state index in [9.17, 15) is 8.78 Å². The molecule has 0 aromatic carbocycles. The molecule has 0 unspecified atom stereocenters. The minimum absolute atomic E-state index is 0.125. The van der Waals surface area contributed by atoms with Crippen LogP contribution in [0, 0.1) is 5.92 Å². The Morgan fingerprint density at radius 2 is 1.73 bits per heavy atom. The third-order valence-corrected chi connectivity index (χ3v) is 1.31. The van der Waals surface area contributed by atoms with E-state index in [2.05, 4.69) is 13.2 Å². The highest BCUT2D eigenvalue weighted by Crippen LogP contribution is 2.16. The summed E-state index contributed by atoms with van der Waals surface area (Å²) in [6.07, 6.45) is 1.06.